The fraction of sp³-hybridized carbons (Fsp3) is 0. The van der Waals surface area contributed by atoms with Crippen LogP contribution in [0.15, 0.2) is 17.5 Å². The van der Waals surface area contributed by atoms with Gasteiger partial charge >= 0.3 is 6.40 Å². The highest BCUT2D eigenvalue weighted by Crippen LogP contribution is 1.84. The molecule has 0 aromatic carbocycles. The number of hydrogen-bond acceptors (Lipinski definition) is 3. The van der Waals surface area contributed by atoms with Crippen molar-refractivity contribution in [3.05, 3.63) is 12.5 Å². The Kier molecular flexibility index (Phi) is 0.774. The van der Waals surface area contributed by atoms with Crippen molar-refractivity contribution in [2.45, 2.75) is 0 Å². The summed E-state index contributed by atoms with van der Waals surface area (Å²) in [6.07, 6.45) is 4.85. The summed E-state index contributed by atoms with van der Waals surface area (Å²) in [5.41, 5.74) is 0. The van der Waals surface area contributed by atoms with E-state index >= 15 is 0 Å². The van der Waals surface area contributed by atoms with Crippen LogP contribution in [-0.2, 0) is 9.78 Å². The molecule has 0 aromatic rings. The second-order valence-corrected chi connectivity index (χ2v) is 0.685. The molecule has 0 bridgehead atoms. The molecule has 1 aliphatic rings. The summed E-state index contributed by atoms with van der Waals surface area (Å²) >= 11 is 0. The van der Waals surface area contributed by atoms with Gasteiger partial charge in [0.25, 0.3) is 0 Å². The zero-order valence-electron chi connectivity index (χ0n) is 2.92. The van der Waals surface area contributed by atoms with E-state index in [1.54, 1.807) is 0 Å². The maximum absolute atomic E-state index is 4.18. The van der Waals surface area contributed by atoms with Gasteiger partial charge in [0, 0.05) is 0 Å². The quantitative estimate of drug-likeness (QED) is 0.396. The van der Waals surface area contributed by atoms with E-state index in [4.69, 9.17) is 0 Å². The van der Waals surface area contributed by atoms with Gasteiger partial charge in [-0.2, -0.15) is 0 Å². The summed E-state index contributed by atoms with van der Waals surface area (Å²) in [6, 6.07) is 0. The average molecular weight is 84.1 g/mol. The summed E-state index contributed by atoms with van der Waals surface area (Å²) in [4.78, 5) is 11.6. The van der Waals surface area contributed by atoms with E-state index in [1.807, 2.05) is 0 Å². The van der Waals surface area contributed by atoms with Crippen molar-refractivity contribution >= 4 is 6.40 Å². The van der Waals surface area contributed by atoms with Gasteiger partial charge in [-0.05, 0) is 0 Å². The van der Waals surface area contributed by atoms with Crippen molar-refractivity contribution in [1.29, 1.82) is 0 Å². The lowest BCUT2D eigenvalue weighted by atomic mass is 11.0. The van der Waals surface area contributed by atoms with Crippen LogP contribution in [0.25, 0.3) is 0 Å². The minimum absolute atomic E-state index is 1.32. The maximum atomic E-state index is 4.18. The Balaban J connectivity index is 2.46. The first kappa shape index (κ1) is 3.21. The van der Waals surface area contributed by atoms with E-state index in [9.17, 15) is 0 Å². The van der Waals surface area contributed by atoms with E-state index in [0.29, 0.717) is 0 Å². The van der Waals surface area contributed by atoms with Gasteiger partial charge in [-0.3, -0.25) is 9.78 Å². The Labute approximate surface area is 34.8 Å². The third kappa shape index (κ3) is 0.484. The summed E-state index contributed by atoms with van der Waals surface area (Å²) in [5.74, 6) is 0. The molecule has 3 nitrogen and oxygen atoms in total. The molecule has 1 rings (SSSR count). The van der Waals surface area contributed by atoms with Crippen LogP contribution in [0.2, 0.25) is 0 Å². The third-order valence-corrected chi connectivity index (χ3v) is 0.329. The van der Waals surface area contributed by atoms with Gasteiger partial charge in [-0.25, -0.2) is 4.99 Å². The van der Waals surface area contributed by atoms with Crippen molar-refractivity contribution in [3.63, 3.8) is 0 Å². The van der Waals surface area contributed by atoms with E-state index in [-0.39, 0.29) is 0 Å². The molecule has 1 radical (unpaired) electrons. The van der Waals surface area contributed by atoms with Crippen LogP contribution < -0.4 is 0 Å². The van der Waals surface area contributed by atoms with Crippen LogP contribution in [0, 0.1) is 0 Å². The molecule has 0 unspecified atom stereocenters. The first-order chi connectivity index (χ1) is 3.00. The van der Waals surface area contributed by atoms with E-state index in [0.717, 1.165) is 0 Å². The fourth-order valence-electron chi connectivity index (χ4n) is 0.157. The molecule has 1 aliphatic heterocycles. The lowest BCUT2D eigenvalue weighted by Gasteiger charge is -1.92. The highest BCUT2D eigenvalue weighted by Gasteiger charge is 1.79. The Morgan fingerprint density at radius 1 is 1.67 bits per heavy atom. The lowest BCUT2D eigenvalue weighted by Crippen LogP contribution is -1.85. The highest BCUT2D eigenvalue weighted by atomic mass is 17.2. The topological polar surface area (TPSA) is 30.8 Å². The molecular formula is C3H2NO2. The summed E-state index contributed by atoms with van der Waals surface area (Å²) in [5, 5.41) is 0. The zero-order valence-corrected chi connectivity index (χ0v) is 2.92. The van der Waals surface area contributed by atoms with E-state index < -0.39 is 0 Å². The standard InChI is InChI=1S/C3H2NO2/c1-2-5-6-3-4-1/h1-2H. The molecule has 31 valence electrons. The van der Waals surface area contributed by atoms with Gasteiger partial charge in [0.15, 0.2) is 6.26 Å². The molecule has 0 saturated carbocycles. The van der Waals surface area contributed by atoms with Gasteiger partial charge in [0.2, 0.25) is 0 Å². The number of hydrogen-bond donors (Lipinski definition) is 0. The molecule has 0 aromatic heterocycles. The molecule has 3 heteroatoms. The van der Waals surface area contributed by atoms with Gasteiger partial charge in [-0.1, -0.05) is 0 Å². The van der Waals surface area contributed by atoms with Crippen LogP contribution in [0.4, 0.5) is 0 Å². The second-order valence-electron chi connectivity index (χ2n) is 0.685. The van der Waals surface area contributed by atoms with Gasteiger partial charge in [-0.15, -0.1) is 0 Å². The van der Waals surface area contributed by atoms with Crippen LogP contribution in [0.3, 0.4) is 0 Å². The molecule has 0 atom stereocenters. The summed E-state index contributed by atoms with van der Waals surface area (Å²) in [6.45, 7) is 0. The van der Waals surface area contributed by atoms with Gasteiger partial charge in [0.1, 0.15) is 0 Å². The van der Waals surface area contributed by atoms with Crippen LogP contribution in [0.5, 0.6) is 0 Å². The highest BCUT2D eigenvalue weighted by molar-refractivity contribution is 5.46. The second kappa shape index (κ2) is 1.45. The molecule has 6 heavy (non-hydrogen) atoms. The Bertz CT molecular complexity index is 74.8. The molecule has 0 amide bonds. The van der Waals surface area contributed by atoms with Crippen molar-refractivity contribution in [3.8, 4) is 0 Å². The number of rotatable bonds is 0. The van der Waals surface area contributed by atoms with Gasteiger partial charge < -0.3 is 0 Å². The van der Waals surface area contributed by atoms with Crippen molar-refractivity contribution in [2.24, 2.45) is 4.99 Å². The summed E-state index contributed by atoms with van der Waals surface area (Å²) < 4.78 is 0. The van der Waals surface area contributed by atoms with Crippen LogP contribution in [0.1, 0.15) is 0 Å². The maximum Gasteiger partial charge on any atom is 0.337 e. The Morgan fingerprint density at radius 3 is 2.83 bits per heavy atom. The monoisotopic (exact) mass is 84.0 g/mol. The van der Waals surface area contributed by atoms with E-state index in [1.165, 1.54) is 12.5 Å². The van der Waals surface area contributed by atoms with Crippen LogP contribution >= 0.6 is 0 Å². The first-order valence-electron chi connectivity index (χ1n) is 1.42. The van der Waals surface area contributed by atoms with Crippen molar-refractivity contribution in [2.75, 3.05) is 0 Å². The first-order valence-corrected chi connectivity index (χ1v) is 1.42. The molecule has 0 saturated heterocycles. The SMILES string of the molecule is [C]1=NC=COO1. The van der Waals surface area contributed by atoms with E-state index in [2.05, 4.69) is 21.2 Å². The fourth-order valence-corrected chi connectivity index (χ4v) is 0.157. The third-order valence-electron chi connectivity index (χ3n) is 0.329. The van der Waals surface area contributed by atoms with Crippen molar-refractivity contribution < 1.29 is 9.78 Å². The summed E-state index contributed by atoms with van der Waals surface area (Å²) in [7, 11) is 0. The largest absolute Gasteiger partial charge is 0.337 e. The smallest absolute Gasteiger partial charge is 0.294 e. The molecular weight excluding hydrogens is 82.0 g/mol. The predicted octanol–water partition coefficient (Wildman–Crippen LogP) is 0.325. The Morgan fingerprint density at radius 2 is 2.67 bits per heavy atom. The molecule has 0 spiro atoms. The molecule has 0 fully saturated rings. The number of nitrogens with zero attached hydrogens (tertiary/aromatic N) is 1. The van der Waals surface area contributed by atoms with Crippen LogP contribution in [-0.4, -0.2) is 6.40 Å². The minimum Gasteiger partial charge on any atom is -0.294 e. The molecule has 0 aliphatic carbocycles. The van der Waals surface area contributed by atoms with Gasteiger partial charge in [0.05, 0.1) is 6.20 Å². The molecule has 1 heterocycles. The normalized spacial score (nSPS) is 16.0. The average Bonchev–Trinajstić information content (AvgIpc) is 1.72. The zero-order chi connectivity index (χ0) is 4.24. The number of aliphatic imine (C=N–C) groups is 1. The Hall–Kier alpha value is -0.990. The lowest BCUT2D eigenvalue weighted by molar-refractivity contribution is -0.162. The molecule has 0 N–H and O–H groups in total. The predicted molar refractivity (Wildman–Crippen MR) is 18.7 cm³/mol. The minimum atomic E-state index is 1.32. The van der Waals surface area contributed by atoms with Crippen molar-refractivity contribution in [1.82, 2.24) is 0 Å².